The van der Waals surface area contributed by atoms with Crippen molar-refractivity contribution in [2.45, 2.75) is 25.8 Å². The Morgan fingerprint density at radius 3 is 2.81 bits per heavy atom. The van der Waals surface area contributed by atoms with Gasteiger partial charge in [-0.25, -0.2) is 4.98 Å². The van der Waals surface area contributed by atoms with Crippen LogP contribution in [0.3, 0.4) is 0 Å². The smallest absolute Gasteiger partial charge is 0.124 e. The summed E-state index contributed by atoms with van der Waals surface area (Å²) >= 11 is 3.26. The van der Waals surface area contributed by atoms with Crippen LogP contribution >= 0.6 is 15.9 Å². The lowest BCUT2D eigenvalue weighted by Crippen LogP contribution is -2.00. The van der Waals surface area contributed by atoms with Gasteiger partial charge >= 0.3 is 0 Å². The molecule has 5 nitrogen and oxygen atoms in total. The lowest BCUT2D eigenvalue weighted by atomic mass is 10.2. The summed E-state index contributed by atoms with van der Waals surface area (Å²) in [5.41, 5.74) is 1.03. The first-order valence-corrected chi connectivity index (χ1v) is 5.94. The van der Waals surface area contributed by atoms with Crippen molar-refractivity contribution in [3.05, 3.63) is 35.1 Å². The summed E-state index contributed by atoms with van der Waals surface area (Å²) in [4.78, 5) is 8.40. The van der Waals surface area contributed by atoms with Gasteiger partial charge < -0.3 is 0 Å². The molecule has 0 aromatic carbocycles. The number of hydrogen-bond acceptors (Lipinski definition) is 4. The minimum atomic E-state index is 0.777. The van der Waals surface area contributed by atoms with E-state index in [1.807, 2.05) is 10.9 Å². The van der Waals surface area contributed by atoms with Crippen LogP contribution in [0.25, 0.3) is 0 Å². The topological polar surface area (TPSA) is 56.5 Å². The van der Waals surface area contributed by atoms with E-state index in [-0.39, 0.29) is 0 Å². The van der Waals surface area contributed by atoms with Crippen molar-refractivity contribution in [1.82, 2.24) is 25.0 Å². The van der Waals surface area contributed by atoms with Crippen molar-refractivity contribution in [1.29, 1.82) is 0 Å². The minimum absolute atomic E-state index is 0.777. The normalized spacial score (nSPS) is 10.6. The van der Waals surface area contributed by atoms with Crippen LogP contribution in [0.4, 0.5) is 0 Å². The Hall–Kier alpha value is -1.30. The summed E-state index contributed by atoms with van der Waals surface area (Å²) in [5.74, 6) is 0. The van der Waals surface area contributed by atoms with Crippen LogP contribution in [0.1, 0.15) is 18.5 Å². The molecule has 6 heteroatoms. The summed E-state index contributed by atoms with van der Waals surface area (Å²) in [6.07, 6.45) is 10.2. The fourth-order valence-corrected chi connectivity index (χ4v) is 1.60. The van der Waals surface area contributed by atoms with E-state index in [0.29, 0.717) is 0 Å². The molecule has 0 aliphatic heterocycles. The molecule has 2 aromatic rings. The zero-order chi connectivity index (χ0) is 11.2. The summed E-state index contributed by atoms with van der Waals surface area (Å²) in [5, 5.41) is 7.66. The highest BCUT2D eigenvalue weighted by Gasteiger charge is 1.97. The van der Waals surface area contributed by atoms with Crippen molar-refractivity contribution in [3.8, 4) is 0 Å². The molecular weight excluding hydrogens is 270 g/mol. The first-order chi connectivity index (χ1) is 7.84. The number of hydrogen-bond donors (Lipinski definition) is 0. The highest BCUT2D eigenvalue weighted by molar-refractivity contribution is 9.10. The van der Waals surface area contributed by atoms with Gasteiger partial charge in [-0.2, -0.15) is 0 Å². The van der Waals surface area contributed by atoms with Crippen LogP contribution in [-0.4, -0.2) is 25.0 Å². The summed E-state index contributed by atoms with van der Waals surface area (Å²) in [7, 11) is 0. The Balaban J connectivity index is 1.70. The number of rotatable bonds is 5. The molecule has 0 atom stereocenters. The van der Waals surface area contributed by atoms with Crippen LogP contribution in [-0.2, 0) is 13.0 Å². The monoisotopic (exact) mass is 281 g/mol. The van der Waals surface area contributed by atoms with Gasteiger partial charge in [0, 0.05) is 18.9 Å². The van der Waals surface area contributed by atoms with Gasteiger partial charge in [0.25, 0.3) is 0 Å². The fourth-order valence-electron chi connectivity index (χ4n) is 1.40. The molecular formula is C10H12BrN5. The lowest BCUT2D eigenvalue weighted by molar-refractivity contribution is 0.539. The molecule has 0 radical (unpaired) electrons. The van der Waals surface area contributed by atoms with E-state index in [1.54, 1.807) is 18.6 Å². The Morgan fingerprint density at radius 1 is 1.19 bits per heavy atom. The van der Waals surface area contributed by atoms with Crippen molar-refractivity contribution >= 4 is 15.9 Å². The van der Waals surface area contributed by atoms with Crippen molar-refractivity contribution in [3.63, 3.8) is 0 Å². The number of aromatic nitrogens is 5. The predicted molar refractivity (Wildman–Crippen MR) is 62.7 cm³/mol. The quantitative estimate of drug-likeness (QED) is 0.785. The molecule has 0 aliphatic rings. The molecule has 16 heavy (non-hydrogen) atoms. The van der Waals surface area contributed by atoms with Gasteiger partial charge in [0.2, 0.25) is 0 Å². The second kappa shape index (κ2) is 5.69. The molecule has 0 bridgehead atoms. The summed E-state index contributed by atoms with van der Waals surface area (Å²) < 4.78 is 2.62. The maximum absolute atomic E-state index is 4.27. The van der Waals surface area contributed by atoms with Gasteiger partial charge in [0.1, 0.15) is 4.60 Å². The number of halogens is 1. The Morgan fingerprint density at radius 2 is 2.12 bits per heavy atom. The largest absolute Gasteiger partial charge is 0.257 e. The predicted octanol–water partition coefficient (Wildman–Crippen LogP) is 1.85. The first kappa shape index (κ1) is 11.2. The maximum atomic E-state index is 4.27. The van der Waals surface area contributed by atoms with Crippen LogP contribution in [0.15, 0.2) is 29.4 Å². The molecule has 2 heterocycles. The average Bonchev–Trinajstić information content (AvgIpc) is 2.80. The molecule has 0 unspecified atom stereocenters. The second-order valence-corrected chi connectivity index (χ2v) is 4.27. The molecule has 0 aliphatic carbocycles. The fraction of sp³-hybridized carbons (Fsp3) is 0.400. The van der Waals surface area contributed by atoms with Gasteiger partial charge in [-0.05, 0) is 35.2 Å². The first-order valence-electron chi connectivity index (χ1n) is 5.15. The number of nitrogens with zero attached hydrogens (tertiary/aromatic N) is 5. The molecule has 2 rings (SSSR count). The minimum Gasteiger partial charge on any atom is -0.257 e. The van der Waals surface area contributed by atoms with E-state index in [4.69, 9.17) is 0 Å². The Bertz CT molecular complexity index is 411. The zero-order valence-corrected chi connectivity index (χ0v) is 10.3. The maximum Gasteiger partial charge on any atom is 0.124 e. The number of aryl methyl sites for hydroxylation is 2. The highest BCUT2D eigenvalue weighted by atomic mass is 79.9. The highest BCUT2D eigenvalue weighted by Crippen LogP contribution is 2.05. The van der Waals surface area contributed by atoms with Crippen LogP contribution in [0.2, 0.25) is 0 Å². The third-order valence-corrected chi connectivity index (χ3v) is 2.63. The van der Waals surface area contributed by atoms with E-state index < -0.39 is 0 Å². The Kier molecular flexibility index (Phi) is 3.98. The van der Waals surface area contributed by atoms with E-state index in [2.05, 4.69) is 36.2 Å². The SMILES string of the molecule is Brc1cnc(CCCCn2ccnn2)cn1. The van der Waals surface area contributed by atoms with Gasteiger partial charge in [0.15, 0.2) is 0 Å². The van der Waals surface area contributed by atoms with E-state index in [1.165, 1.54) is 0 Å². The van der Waals surface area contributed by atoms with Crippen LogP contribution < -0.4 is 0 Å². The molecule has 2 aromatic heterocycles. The third-order valence-electron chi connectivity index (χ3n) is 2.22. The van der Waals surface area contributed by atoms with Crippen LogP contribution in [0, 0.1) is 0 Å². The standard InChI is InChI=1S/C10H12BrN5/c11-10-8-12-9(7-13-10)3-1-2-5-16-6-4-14-15-16/h4,6-8H,1-3,5H2. The average molecular weight is 282 g/mol. The molecule has 0 N–H and O–H groups in total. The van der Waals surface area contributed by atoms with Crippen molar-refractivity contribution in [2.24, 2.45) is 0 Å². The van der Waals surface area contributed by atoms with E-state index >= 15 is 0 Å². The van der Waals surface area contributed by atoms with E-state index in [9.17, 15) is 0 Å². The number of unbranched alkanes of at least 4 members (excludes halogenated alkanes) is 1. The van der Waals surface area contributed by atoms with Gasteiger partial charge in [-0.15, -0.1) is 5.10 Å². The van der Waals surface area contributed by atoms with Crippen LogP contribution in [0.5, 0.6) is 0 Å². The van der Waals surface area contributed by atoms with Crippen molar-refractivity contribution in [2.75, 3.05) is 0 Å². The third kappa shape index (κ3) is 3.37. The molecule has 0 saturated carbocycles. The Labute approximate surface area is 102 Å². The van der Waals surface area contributed by atoms with E-state index in [0.717, 1.165) is 36.1 Å². The van der Waals surface area contributed by atoms with Crippen molar-refractivity contribution < 1.29 is 0 Å². The van der Waals surface area contributed by atoms with Gasteiger partial charge in [0.05, 0.1) is 18.1 Å². The summed E-state index contributed by atoms with van der Waals surface area (Å²) in [6, 6.07) is 0. The zero-order valence-electron chi connectivity index (χ0n) is 8.75. The lowest BCUT2D eigenvalue weighted by Gasteiger charge is -2.01. The second-order valence-electron chi connectivity index (χ2n) is 3.45. The molecule has 0 amide bonds. The summed E-state index contributed by atoms with van der Waals surface area (Å²) in [6.45, 7) is 0.907. The van der Waals surface area contributed by atoms with Gasteiger partial charge in [-0.1, -0.05) is 5.21 Å². The molecule has 0 fully saturated rings. The molecule has 0 spiro atoms. The molecule has 84 valence electrons. The molecule has 0 saturated heterocycles. The van der Waals surface area contributed by atoms with Gasteiger partial charge in [-0.3, -0.25) is 9.67 Å².